The molecule has 0 fully saturated rings. The summed E-state index contributed by atoms with van der Waals surface area (Å²) in [6.45, 7) is 2.72. The van der Waals surface area contributed by atoms with Crippen molar-refractivity contribution in [2.45, 2.75) is 31.1 Å². The Morgan fingerprint density at radius 3 is 3.04 bits per heavy atom. The largest absolute Gasteiger partial charge is 0.308 e. The lowest BCUT2D eigenvalue weighted by Gasteiger charge is -2.22. The van der Waals surface area contributed by atoms with Crippen LogP contribution in [0.25, 0.3) is 0 Å². The van der Waals surface area contributed by atoms with Gasteiger partial charge < -0.3 is 4.90 Å². The van der Waals surface area contributed by atoms with Crippen LogP contribution in [0.3, 0.4) is 0 Å². The number of amides is 1. The van der Waals surface area contributed by atoms with Gasteiger partial charge in [0.15, 0.2) is 0 Å². The van der Waals surface area contributed by atoms with Crippen LogP contribution >= 0.6 is 23.1 Å². The van der Waals surface area contributed by atoms with Crippen LogP contribution in [0.1, 0.15) is 17.4 Å². The monoisotopic (exact) mass is 371 g/mol. The Labute approximate surface area is 153 Å². The molecule has 0 N–H and O–H groups in total. The number of rotatable bonds is 5. The molecule has 0 aliphatic carbocycles. The number of carbonyl (C=O) groups is 1. The Morgan fingerprint density at radius 2 is 2.20 bits per heavy atom. The minimum absolute atomic E-state index is 0.0909. The fourth-order valence-corrected chi connectivity index (χ4v) is 4.51. The minimum atomic E-state index is 0.0909. The second kappa shape index (κ2) is 6.97. The quantitative estimate of drug-likeness (QED) is 0.645. The van der Waals surface area contributed by atoms with Crippen molar-refractivity contribution in [3.8, 4) is 0 Å². The molecule has 0 radical (unpaired) electrons. The van der Waals surface area contributed by atoms with E-state index in [0.717, 1.165) is 12.1 Å². The van der Waals surface area contributed by atoms with Gasteiger partial charge >= 0.3 is 0 Å². The van der Waals surface area contributed by atoms with Crippen molar-refractivity contribution in [3.63, 3.8) is 0 Å². The molecule has 25 heavy (non-hydrogen) atoms. The van der Waals surface area contributed by atoms with Crippen LogP contribution in [0.2, 0.25) is 0 Å². The van der Waals surface area contributed by atoms with Gasteiger partial charge in [0.1, 0.15) is 0 Å². The van der Waals surface area contributed by atoms with E-state index >= 15 is 0 Å². The van der Waals surface area contributed by atoms with Gasteiger partial charge in [-0.1, -0.05) is 36.0 Å². The second-order valence-corrected chi connectivity index (χ2v) is 7.91. The molecule has 0 saturated heterocycles. The number of aromatic nitrogens is 4. The van der Waals surface area contributed by atoms with E-state index in [-0.39, 0.29) is 11.9 Å². The summed E-state index contributed by atoms with van der Waals surface area (Å²) in [7, 11) is 0. The first-order valence-electron chi connectivity index (χ1n) is 8.03. The zero-order valence-corrected chi connectivity index (χ0v) is 15.3. The number of benzene rings is 1. The molecule has 1 amide bonds. The van der Waals surface area contributed by atoms with E-state index in [0.29, 0.717) is 17.5 Å². The lowest BCUT2D eigenvalue weighted by atomic mass is 10.1. The van der Waals surface area contributed by atoms with E-state index in [2.05, 4.69) is 34.6 Å². The van der Waals surface area contributed by atoms with Crippen molar-refractivity contribution in [1.29, 1.82) is 0 Å². The molecule has 6 nitrogen and oxygen atoms in total. The third-order valence-corrected chi connectivity index (χ3v) is 5.99. The van der Waals surface area contributed by atoms with Gasteiger partial charge in [0.25, 0.3) is 0 Å². The predicted molar refractivity (Wildman–Crippen MR) is 99.1 cm³/mol. The SMILES string of the molecule is C[C@H]1Cc2ccccc2N1C(=O)CSc1nnnn1Cc1cccs1. The Bertz CT molecular complexity index is 877. The normalized spacial score (nSPS) is 16.2. The van der Waals surface area contributed by atoms with Crippen LogP contribution in [0.15, 0.2) is 46.9 Å². The Kier molecular flexibility index (Phi) is 4.54. The number of nitrogens with zero attached hydrogens (tertiary/aromatic N) is 5. The molecule has 0 saturated carbocycles. The van der Waals surface area contributed by atoms with Crippen molar-refractivity contribution < 1.29 is 4.79 Å². The third kappa shape index (κ3) is 3.32. The van der Waals surface area contributed by atoms with Gasteiger partial charge in [-0.3, -0.25) is 4.79 Å². The van der Waals surface area contributed by atoms with Gasteiger partial charge in [-0.25, -0.2) is 4.68 Å². The molecule has 4 rings (SSSR count). The van der Waals surface area contributed by atoms with Gasteiger partial charge in [0.05, 0.1) is 12.3 Å². The number of fused-ring (bicyclic) bond motifs is 1. The second-order valence-electron chi connectivity index (χ2n) is 5.93. The van der Waals surface area contributed by atoms with Crippen LogP contribution in [0.5, 0.6) is 0 Å². The first kappa shape index (κ1) is 16.3. The summed E-state index contributed by atoms with van der Waals surface area (Å²) in [6, 6.07) is 12.4. The van der Waals surface area contributed by atoms with E-state index < -0.39 is 0 Å². The fraction of sp³-hybridized carbons (Fsp3) is 0.294. The van der Waals surface area contributed by atoms with E-state index in [1.807, 2.05) is 34.5 Å². The maximum absolute atomic E-state index is 12.8. The highest BCUT2D eigenvalue weighted by Gasteiger charge is 2.30. The van der Waals surface area contributed by atoms with Crippen LogP contribution in [0, 0.1) is 0 Å². The number of thioether (sulfide) groups is 1. The summed E-state index contributed by atoms with van der Waals surface area (Å²) in [5, 5.41) is 14.5. The smallest absolute Gasteiger partial charge is 0.237 e. The van der Waals surface area contributed by atoms with Gasteiger partial charge in [-0.15, -0.1) is 16.4 Å². The zero-order valence-electron chi connectivity index (χ0n) is 13.7. The summed E-state index contributed by atoms with van der Waals surface area (Å²) in [5.74, 6) is 0.414. The Morgan fingerprint density at radius 1 is 1.32 bits per heavy atom. The Balaban J connectivity index is 1.44. The van der Waals surface area contributed by atoms with Crippen molar-refractivity contribution in [3.05, 3.63) is 52.2 Å². The maximum atomic E-state index is 12.8. The molecule has 0 unspecified atom stereocenters. The van der Waals surface area contributed by atoms with E-state index in [1.54, 1.807) is 16.0 Å². The summed E-state index contributed by atoms with van der Waals surface area (Å²) >= 11 is 3.05. The summed E-state index contributed by atoms with van der Waals surface area (Å²) < 4.78 is 1.74. The van der Waals surface area contributed by atoms with Crippen LogP contribution < -0.4 is 4.90 Å². The molecule has 0 bridgehead atoms. The molecule has 0 spiro atoms. The first-order chi connectivity index (χ1) is 12.2. The molecule has 2 aromatic heterocycles. The molecule has 3 heterocycles. The predicted octanol–water partition coefficient (Wildman–Crippen LogP) is 2.85. The summed E-state index contributed by atoms with van der Waals surface area (Å²) in [6.07, 6.45) is 0.905. The van der Waals surface area contributed by atoms with E-state index in [4.69, 9.17) is 0 Å². The highest BCUT2D eigenvalue weighted by molar-refractivity contribution is 7.99. The highest BCUT2D eigenvalue weighted by Crippen LogP contribution is 2.32. The number of para-hydroxylation sites is 1. The number of hydrogen-bond acceptors (Lipinski definition) is 6. The molecule has 3 aromatic rings. The number of anilines is 1. The van der Waals surface area contributed by atoms with E-state index in [1.165, 1.54) is 22.2 Å². The summed E-state index contributed by atoms with van der Waals surface area (Å²) in [5.41, 5.74) is 2.26. The molecule has 1 aliphatic heterocycles. The molecule has 8 heteroatoms. The Hall–Kier alpha value is -2.19. The van der Waals surface area contributed by atoms with Gasteiger partial charge in [-0.2, -0.15) is 0 Å². The number of hydrogen-bond donors (Lipinski definition) is 0. The molecule has 128 valence electrons. The van der Waals surface area contributed by atoms with Crippen LogP contribution in [-0.4, -0.2) is 37.9 Å². The molecular formula is C17H17N5OS2. The molecule has 1 aliphatic rings. The zero-order chi connectivity index (χ0) is 17.2. The van der Waals surface area contributed by atoms with Crippen molar-refractivity contribution >= 4 is 34.7 Å². The van der Waals surface area contributed by atoms with Crippen molar-refractivity contribution in [1.82, 2.24) is 20.2 Å². The topological polar surface area (TPSA) is 63.9 Å². The fourth-order valence-electron chi connectivity index (χ4n) is 3.09. The minimum Gasteiger partial charge on any atom is -0.308 e. The van der Waals surface area contributed by atoms with Crippen molar-refractivity contribution in [2.75, 3.05) is 10.7 Å². The lowest BCUT2D eigenvalue weighted by Crippen LogP contribution is -2.37. The number of thiophene rings is 1. The van der Waals surface area contributed by atoms with Crippen LogP contribution in [0.4, 0.5) is 5.69 Å². The molecule has 1 atom stereocenters. The summed E-state index contributed by atoms with van der Waals surface area (Å²) in [4.78, 5) is 15.9. The lowest BCUT2D eigenvalue weighted by molar-refractivity contribution is -0.116. The molecular weight excluding hydrogens is 354 g/mol. The number of tetrazole rings is 1. The highest BCUT2D eigenvalue weighted by atomic mass is 32.2. The maximum Gasteiger partial charge on any atom is 0.237 e. The van der Waals surface area contributed by atoms with Gasteiger partial charge in [0.2, 0.25) is 11.1 Å². The van der Waals surface area contributed by atoms with Crippen molar-refractivity contribution in [2.24, 2.45) is 0 Å². The standard InChI is InChI=1S/C17H17N5OS2/c1-12-9-13-5-2-3-7-15(13)22(12)16(23)11-25-17-18-19-20-21(17)10-14-6-4-8-24-14/h2-8,12H,9-11H2,1H3/t12-/m0/s1. The number of carbonyl (C=O) groups excluding carboxylic acids is 1. The van der Waals surface area contributed by atoms with Gasteiger partial charge in [-0.05, 0) is 46.8 Å². The third-order valence-electron chi connectivity index (χ3n) is 4.19. The van der Waals surface area contributed by atoms with Crippen LogP contribution in [-0.2, 0) is 17.8 Å². The molecule has 1 aromatic carbocycles. The average Bonchev–Trinajstić information content (AvgIpc) is 3.33. The average molecular weight is 371 g/mol. The first-order valence-corrected chi connectivity index (χ1v) is 9.90. The van der Waals surface area contributed by atoms with E-state index in [9.17, 15) is 4.79 Å². The van der Waals surface area contributed by atoms with Gasteiger partial charge in [0, 0.05) is 16.6 Å².